The van der Waals surface area contributed by atoms with E-state index in [0.717, 1.165) is 12.8 Å². The van der Waals surface area contributed by atoms with Crippen LogP contribution in [0.2, 0.25) is 0 Å². The van der Waals surface area contributed by atoms with E-state index >= 15 is 0 Å². The fourth-order valence-electron chi connectivity index (χ4n) is 1.99. The van der Waals surface area contributed by atoms with Crippen LogP contribution in [0.3, 0.4) is 0 Å². The van der Waals surface area contributed by atoms with Crippen LogP contribution in [-0.2, 0) is 6.54 Å². The van der Waals surface area contributed by atoms with E-state index in [1.54, 1.807) is 12.1 Å². The molecule has 2 amide bonds. The number of ether oxygens (including phenoxy) is 1. The molecule has 8 heteroatoms. The monoisotopic (exact) mass is 332 g/mol. The number of carbonyl (C=O) groups excluding carboxylic acids is 1. The minimum absolute atomic E-state index is 0.0475. The normalized spacial score (nSPS) is 15.8. The van der Waals surface area contributed by atoms with Gasteiger partial charge in [-0.2, -0.15) is 13.2 Å². The van der Waals surface area contributed by atoms with E-state index in [4.69, 9.17) is 5.11 Å². The summed E-state index contributed by atoms with van der Waals surface area (Å²) in [6, 6.07) is 5.73. The van der Waals surface area contributed by atoms with Gasteiger partial charge in [-0.15, -0.1) is 0 Å². The first kappa shape index (κ1) is 17.4. The summed E-state index contributed by atoms with van der Waals surface area (Å²) >= 11 is 0. The summed E-state index contributed by atoms with van der Waals surface area (Å²) in [7, 11) is 0. The Morgan fingerprint density at radius 3 is 2.65 bits per heavy atom. The summed E-state index contributed by atoms with van der Waals surface area (Å²) < 4.78 is 41.0. The maximum absolute atomic E-state index is 12.1. The number of amides is 2. The van der Waals surface area contributed by atoms with Gasteiger partial charge in [0.15, 0.2) is 6.61 Å². The van der Waals surface area contributed by atoms with E-state index in [1.807, 2.05) is 0 Å². The van der Waals surface area contributed by atoms with Crippen molar-refractivity contribution in [1.82, 2.24) is 10.6 Å². The molecule has 0 aromatic heterocycles. The van der Waals surface area contributed by atoms with Crippen LogP contribution in [-0.4, -0.2) is 37.1 Å². The van der Waals surface area contributed by atoms with Crippen molar-refractivity contribution in [1.29, 1.82) is 0 Å². The number of carbonyl (C=O) groups is 1. The Morgan fingerprint density at radius 1 is 1.30 bits per heavy atom. The molecule has 5 nitrogen and oxygen atoms in total. The zero-order chi connectivity index (χ0) is 16.9. The Balaban J connectivity index is 1.75. The van der Waals surface area contributed by atoms with Gasteiger partial charge in [0, 0.05) is 18.5 Å². The number of nitrogens with one attached hydrogen (secondary N) is 2. The number of halogens is 3. The zero-order valence-electron chi connectivity index (χ0n) is 12.4. The van der Waals surface area contributed by atoms with Crippen LogP contribution in [0.4, 0.5) is 18.0 Å². The molecule has 1 aromatic rings. The topological polar surface area (TPSA) is 70.6 Å². The van der Waals surface area contributed by atoms with Gasteiger partial charge in [0.1, 0.15) is 5.75 Å². The van der Waals surface area contributed by atoms with Gasteiger partial charge in [0.2, 0.25) is 0 Å². The SMILES string of the molecule is O=C(NCc1cccc(OCC(F)(F)F)c1)NCC1(CO)CC1. The first-order valence-electron chi connectivity index (χ1n) is 7.23. The molecule has 3 N–H and O–H groups in total. The van der Waals surface area contributed by atoms with Crippen molar-refractivity contribution < 1.29 is 27.8 Å². The highest BCUT2D eigenvalue weighted by Crippen LogP contribution is 2.44. The molecule has 0 aliphatic heterocycles. The molecule has 0 atom stereocenters. The zero-order valence-corrected chi connectivity index (χ0v) is 12.4. The molecule has 1 aromatic carbocycles. The number of rotatable bonds is 7. The fourth-order valence-corrected chi connectivity index (χ4v) is 1.99. The highest BCUT2D eigenvalue weighted by atomic mass is 19.4. The molecule has 0 saturated heterocycles. The largest absolute Gasteiger partial charge is 0.484 e. The summed E-state index contributed by atoms with van der Waals surface area (Å²) in [5.74, 6) is 0.0965. The maximum Gasteiger partial charge on any atom is 0.422 e. The van der Waals surface area contributed by atoms with E-state index in [2.05, 4.69) is 15.4 Å². The lowest BCUT2D eigenvalue weighted by molar-refractivity contribution is -0.153. The van der Waals surface area contributed by atoms with Gasteiger partial charge in [-0.05, 0) is 30.5 Å². The first-order chi connectivity index (χ1) is 10.8. The third-order valence-corrected chi connectivity index (χ3v) is 3.67. The van der Waals surface area contributed by atoms with Crippen LogP contribution >= 0.6 is 0 Å². The molecule has 23 heavy (non-hydrogen) atoms. The predicted octanol–water partition coefficient (Wildman–Crippen LogP) is 2.20. The maximum atomic E-state index is 12.1. The molecule has 0 radical (unpaired) electrons. The smallest absolute Gasteiger partial charge is 0.422 e. The Kier molecular flexibility index (Phi) is 5.35. The molecule has 128 valence electrons. The third kappa shape index (κ3) is 5.97. The molecular weight excluding hydrogens is 313 g/mol. The van der Waals surface area contributed by atoms with Gasteiger partial charge >= 0.3 is 12.2 Å². The van der Waals surface area contributed by atoms with Gasteiger partial charge in [-0.25, -0.2) is 4.79 Å². The predicted molar refractivity (Wildman–Crippen MR) is 77.0 cm³/mol. The molecule has 1 saturated carbocycles. The van der Waals surface area contributed by atoms with Crippen LogP contribution in [0.25, 0.3) is 0 Å². The number of benzene rings is 1. The molecule has 0 heterocycles. The lowest BCUT2D eigenvalue weighted by Gasteiger charge is -2.14. The van der Waals surface area contributed by atoms with Gasteiger partial charge in [0.05, 0.1) is 6.61 Å². The van der Waals surface area contributed by atoms with Crippen molar-refractivity contribution in [3.63, 3.8) is 0 Å². The van der Waals surface area contributed by atoms with Crippen LogP contribution in [0.15, 0.2) is 24.3 Å². The minimum atomic E-state index is -4.39. The second-order valence-electron chi connectivity index (χ2n) is 5.75. The number of hydrogen-bond donors (Lipinski definition) is 3. The summed E-state index contributed by atoms with van der Waals surface area (Å²) in [6.07, 6.45) is -2.61. The summed E-state index contributed by atoms with van der Waals surface area (Å²) in [5.41, 5.74) is 0.450. The molecular formula is C15H19F3N2O3. The third-order valence-electron chi connectivity index (χ3n) is 3.67. The Labute approximate surface area is 131 Å². The summed E-state index contributed by atoms with van der Waals surface area (Å²) in [4.78, 5) is 11.7. The van der Waals surface area contributed by atoms with E-state index in [0.29, 0.717) is 12.1 Å². The molecule has 1 aliphatic rings. The van der Waals surface area contributed by atoms with Crippen LogP contribution in [0.5, 0.6) is 5.75 Å². The highest BCUT2D eigenvalue weighted by Gasteiger charge is 2.42. The first-order valence-corrected chi connectivity index (χ1v) is 7.23. The number of aliphatic hydroxyl groups excluding tert-OH is 1. The van der Waals surface area contributed by atoms with E-state index < -0.39 is 12.8 Å². The van der Waals surface area contributed by atoms with Crippen LogP contribution < -0.4 is 15.4 Å². The van der Waals surface area contributed by atoms with Crippen molar-refractivity contribution in [2.24, 2.45) is 5.41 Å². The fraction of sp³-hybridized carbons (Fsp3) is 0.533. The average molecular weight is 332 g/mol. The van der Waals surface area contributed by atoms with Gasteiger partial charge in [-0.3, -0.25) is 0 Å². The van der Waals surface area contributed by atoms with Crippen LogP contribution in [0.1, 0.15) is 18.4 Å². The van der Waals surface area contributed by atoms with Crippen molar-refractivity contribution in [3.8, 4) is 5.75 Å². The highest BCUT2D eigenvalue weighted by molar-refractivity contribution is 5.73. The van der Waals surface area contributed by atoms with Gasteiger partial charge < -0.3 is 20.5 Å². The van der Waals surface area contributed by atoms with Crippen LogP contribution in [0, 0.1) is 5.41 Å². The van der Waals surface area contributed by atoms with Crippen molar-refractivity contribution in [3.05, 3.63) is 29.8 Å². The molecule has 2 rings (SSSR count). The number of aliphatic hydroxyl groups is 1. The lowest BCUT2D eigenvalue weighted by atomic mass is 10.1. The molecule has 1 aliphatic carbocycles. The number of alkyl halides is 3. The number of urea groups is 1. The quantitative estimate of drug-likeness (QED) is 0.717. The van der Waals surface area contributed by atoms with Gasteiger partial charge in [-0.1, -0.05) is 12.1 Å². The Morgan fingerprint density at radius 2 is 2.04 bits per heavy atom. The van der Waals surface area contributed by atoms with E-state index in [9.17, 15) is 18.0 Å². The Bertz CT molecular complexity index is 545. The average Bonchev–Trinajstić information content (AvgIpc) is 3.29. The minimum Gasteiger partial charge on any atom is -0.484 e. The van der Waals surface area contributed by atoms with Crippen molar-refractivity contribution >= 4 is 6.03 Å². The standard InChI is InChI=1S/C15H19F3N2O3/c16-15(17,18)10-23-12-3-1-2-11(6-12)7-19-13(22)20-8-14(9-21)4-5-14/h1-3,6,21H,4-5,7-10H2,(H2,19,20,22). The molecule has 0 spiro atoms. The Hall–Kier alpha value is -1.96. The summed E-state index contributed by atoms with van der Waals surface area (Å²) in [6.45, 7) is -0.731. The second-order valence-corrected chi connectivity index (χ2v) is 5.75. The van der Waals surface area contributed by atoms with E-state index in [-0.39, 0.29) is 30.3 Å². The van der Waals surface area contributed by atoms with Crippen molar-refractivity contribution in [2.45, 2.75) is 25.6 Å². The second kappa shape index (κ2) is 7.08. The molecule has 0 unspecified atom stereocenters. The van der Waals surface area contributed by atoms with Crippen molar-refractivity contribution in [2.75, 3.05) is 19.8 Å². The van der Waals surface area contributed by atoms with E-state index in [1.165, 1.54) is 12.1 Å². The summed E-state index contributed by atoms with van der Waals surface area (Å²) in [5, 5.41) is 14.4. The van der Waals surface area contributed by atoms with Gasteiger partial charge in [0.25, 0.3) is 0 Å². The number of hydrogen-bond acceptors (Lipinski definition) is 3. The molecule has 1 fully saturated rings. The molecule has 0 bridgehead atoms. The lowest BCUT2D eigenvalue weighted by Crippen LogP contribution is -2.39.